The SMILES string of the molecule is Cc1ccc(Nc2nc(-c3cc(C(N)=O)c(C)n3Cc3cccc(Cl)c3)cs2)cc1. The average Bonchev–Trinajstić information content (AvgIpc) is 3.29. The average molecular weight is 437 g/mol. The van der Waals surface area contributed by atoms with E-state index in [1.165, 1.54) is 16.9 Å². The van der Waals surface area contributed by atoms with Gasteiger partial charge in [0.05, 0.1) is 17.0 Å². The van der Waals surface area contributed by atoms with Crippen molar-refractivity contribution in [3.8, 4) is 11.4 Å². The lowest BCUT2D eigenvalue weighted by atomic mass is 10.2. The van der Waals surface area contributed by atoms with Crippen molar-refractivity contribution < 1.29 is 4.79 Å². The Kier molecular flexibility index (Phi) is 5.61. The van der Waals surface area contributed by atoms with Crippen molar-refractivity contribution in [1.82, 2.24) is 9.55 Å². The highest BCUT2D eigenvalue weighted by atomic mass is 35.5. The van der Waals surface area contributed by atoms with Crippen molar-refractivity contribution in [3.05, 3.63) is 87.4 Å². The summed E-state index contributed by atoms with van der Waals surface area (Å²) in [6.45, 7) is 4.51. The molecule has 0 saturated heterocycles. The molecule has 0 radical (unpaired) electrons. The Balaban J connectivity index is 1.69. The number of thiazole rings is 1. The quantitative estimate of drug-likeness (QED) is 0.402. The Labute approximate surface area is 184 Å². The normalized spacial score (nSPS) is 10.9. The fraction of sp³-hybridized carbons (Fsp3) is 0.130. The Hall–Kier alpha value is -3.09. The van der Waals surface area contributed by atoms with Crippen molar-refractivity contribution in [1.29, 1.82) is 0 Å². The topological polar surface area (TPSA) is 72.9 Å². The van der Waals surface area contributed by atoms with Crippen LogP contribution in [0.15, 0.2) is 60.0 Å². The van der Waals surface area contributed by atoms with Gasteiger partial charge in [0, 0.05) is 28.3 Å². The summed E-state index contributed by atoms with van der Waals surface area (Å²) in [7, 11) is 0. The number of nitrogens with one attached hydrogen (secondary N) is 1. The number of aryl methyl sites for hydroxylation is 1. The second-order valence-electron chi connectivity index (χ2n) is 7.14. The number of aromatic nitrogens is 2. The van der Waals surface area contributed by atoms with Crippen molar-refractivity contribution in [2.24, 2.45) is 5.73 Å². The number of hydrogen-bond donors (Lipinski definition) is 2. The van der Waals surface area contributed by atoms with Crippen LogP contribution in [0, 0.1) is 13.8 Å². The van der Waals surface area contributed by atoms with E-state index in [0.717, 1.165) is 33.5 Å². The van der Waals surface area contributed by atoms with Crippen molar-refractivity contribution in [2.45, 2.75) is 20.4 Å². The molecule has 1 amide bonds. The van der Waals surface area contributed by atoms with Crippen molar-refractivity contribution in [3.63, 3.8) is 0 Å². The van der Waals surface area contributed by atoms with E-state index in [1.807, 2.05) is 54.8 Å². The largest absolute Gasteiger partial charge is 0.366 e. The molecule has 30 heavy (non-hydrogen) atoms. The van der Waals surface area contributed by atoms with Crippen LogP contribution in [-0.4, -0.2) is 15.5 Å². The maximum absolute atomic E-state index is 12.0. The van der Waals surface area contributed by atoms with E-state index >= 15 is 0 Å². The Morgan fingerprint density at radius 1 is 1.17 bits per heavy atom. The van der Waals surface area contributed by atoms with Gasteiger partial charge < -0.3 is 15.6 Å². The van der Waals surface area contributed by atoms with Gasteiger partial charge in [0.15, 0.2) is 5.13 Å². The highest BCUT2D eigenvalue weighted by Gasteiger charge is 2.19. The van der Waals surface area contributed by atoms with E-state index in [9.17, 15) is 4.79 Å². The zero-order chi connectivity index (χ0) is 21.3. The fourth-order valence-corrected chi connectivity index (χ4v) is 4.28. The van der Waals surface area contributed by atoms with Crippen molar-refractivity contribution >= 4 is 39.7 Å². The summed E-state index contributed by atoms with van der Waals surface area (Å²) in [5.74, 6) is -0.452. The van der Waals surface area contributed by atoms with E-state index in [4.69, 9.17) is 22.3 Å². The van der Waals surface area contributed by atoms with Gasteiger partial charge in [-0.05, 0) is 49.7 Å². The number of anilines is 2. The van der Waals surface area contributed by atoms with E-state index in [-0.39, 0.29) is 0 Å². The predicted molar refractivity (Wildman–Crippen MR) is 124 cm³/mol. The molecule has 4 aromatic rings. The minimum absolute atomic E-state index is 0.452. The van der Waals surface area contributed by atoms with Crippen LogP contribution in [0.2, 0.25) is 5.02 Å². The molecule has 2 aromatic carbocycles. The molecule has 0 spiro atoms. The van der Waals surface area contributed by atoms with E-state index in [0.29, 0.717) is 17.1 Å². The molecular weight excluding hydrogens is 416 g/mol. The van der Waals surface area contributed by atoms with Gasteiger partial charge in [0.25, 0.3) is 5.91 Å². The van der Waals surface area contributed by atoms with E-state index in [1.54, 1.807) is 0 Å². The lowest BCUT2D eigenvalue weighted by molar-refractivity contribution is 0.0999. The zero-order valence-corrected chi connectivity index (χ0v) is 18.2. The van der Waals surface area contributed by atoms with Crippen LogP contribution in [0.1, 0.15) is 27.2 Å². The molecule has 0 aliphatic heterocycles. The molecule has 0 saturated carbocycles. The summed E-state index contributed by atoms with van der Waals surface area (Å²) >= 11 is 7.66. The molecule has 152 valence electrons. The summed E-state index contributed by atoms with van der Waals surface area (Å²) in [4.78, 5) is 16.7. The Morgan fingerprint density at radius 2 is 1.93 bits per heavy atom. The van der Waals surface area contributed by atoms with Gasteiger partial charge in [-0.15, -0.1) is 11.3 Å². The van der Waals surface area contributed by atoms with E-state index < -0.39 is 5.91 Å². The van der Waals surface area contributed by atoms with Crippen LogP contribution < -0.4 is 11.1 Å². The third-order valence-corrected chi connectivity index (χ3v) is 5.92. The standard InChI is InChI=1S/C23H21ClN4OS/c1-14-6-8-18(9-7-14)26-23-27-20(13-30-23)21-11-19(22(25)29)15(2)28(21)12-16-4-3-5-17(24)10-16/h3-11,13H,12H2,1-2H3,(H2,25,29)(H,26,27). The maximum atomic E-state index is 12.0. The van der Waals surface area contributed by atoms with Crippen LogP contribution in [0.4, 0.5) is 10.8 Å². The molecule has 0 unspecified atom stereocenters. The molecule has 0 fully saturated rings. The third-order valence-electron chi connectivity index (χ3n) is 4.93. The monoisotopic (exact) mass is 436 g/mol. The van der Waals surface area contributed by atoms with Gasteiger partial charge in [0.2, 0.25) is 0 Å². The second-order valence-corrected chi connectivity index (χ2v) is 8.43. The first-order valence-corrected chi connectivity index (χ1v) is 10.7. The number of benzene rings is 2. The number of rotatable bonds is 6. The Bertz CT molecular complexity index is 1210. The summed E-state index contributed by atoms with van der Waals surface area (Å²) < 4.78 is 2.05. The smallest absolute Gasteiger partial charge is 0.250 e. The third kappa shape index (κ3) is 4.25. The molecule has 3 N–H and O–H groups in total. The first-order valence-electron chi connectivity index (χ1n) is 9.44. The van der Waals surface area contributed by atoms with Gasteiger partial charge in [-0.1, -0.05) is 41.4 Å². The molecule has 5 nitrogen and oxygen atoms in total. The van der Waals surface area contributed by atoms with Gasteiger partial charge in [-0.2, -0.15) is 0 Å². The first kappa shape index (κ1) is 20.2. The molecule has 4 rings (SSSR count). The minimum Gasteiger partial charge on any atom is -0.366 e. The molecule has 0 aliphatic carbocycles. The van der Waals surface area contributed by atoms with Gasteiger partial charge >= 0.3 is 0 Å². The van der Waals surface area contributed by atoms with Crippen LogP contribution in [-0.2, 0) is 6.54 Å². The number of nitrogens with two attached hydrogens (primary N) is 1. The molecule has 2 aromatic heterocycles. The minimum atomic E-state index is -0.452. The zero-order valence-electron chi connectivity index (χ0n) is 16.6. The fourth-order valence-electron chi connectivity index (χ4n) is 3.34. The number of primary amides is 1. The van der Waals surface area contributed by atoms with Crippen LogP contribution in [0.5, 0.6) is 0 Å². The first-order chi connectivity index (χ1) is 14.4. The van der Waals surface area contributed by atoms with Crippen LogP contribution >= 0.6 is 22.9 Å². The van der Waals surface area contributed by atoms with Gasteiger partial charge in [-0.3, -0.25) is 4.79 Å². The predicted octanol–water partition coefficient (Wildman–Crippen LogP) is 5.77. The number of nitrogens with zero attached hydrogens (tertiary/aromatic N) is 2. The van der Waals surface area contributed by atoms with Crippen LogP contribution in [0.25, 0.3) is 11.4 Å². The summed E-state index contributed by atoms with van der Waals surface area (Å²) in [6.07, 6.45) is 0. The number of halogens is 1. The molecule has 0 bridgehead atoms. The summed E-state index contributed by atoms with van der Waals surface area (Å²) in [6, 6.07) is 17.6. The number of carbonyl (C=O) groups is 1. The Morgan fingerprint density at radius 3 is 2.63 bits per heavy atom. The van der Waals surface area contributed by atoms with E-state index in [2.05, 4.69) is 28.9 Å². The molecule has 2 heterocycles. The maximum Gasteiger partial charge on any atom is 0.250 e. The number of amides is 1. The number of carbonyl (C=O) groups excluding carboxylic acids is 1. The molecule has 0 atom stereocenters. The summed E-state index contributed by atoms with van der Waals surface area (Å²) in [5, 5.41) is 6.76. The van der Waals surface area contributed by atoms with Crippen LogP contribution in [0.3, 0.4) is 0 Å². The van der Waals surface area contributed by atoms with Gasteiger partial charge in [-0.25, -0.2) is 4.98 Å². The molecular formula is C23H21ClN4OS. The lowest BCUT2D eigenvalue weighted by Crippen LogP contribution is -2.12. The summed E-state index contributed by atoms with van der Waals surface area (Å²) in [5.41, 5.74) is 11.7. The molecule has 0 aliphatic rings. The second kappa shape index (κ2) is 8.34. The highest BCUT2D eigenvalue weighted by Crippen LogP contribution is 2.31. The lowest BCUT2D eigenvalue weighted by Gasteiger charge is -2.11. The van der Waals surface area contributed by atoms with Crippen molar-refractivity contribution in [2.75, 3.05) is 5.32 Å². The number of hydrogen-bond acceptors (Lipinski definition) is 4. The highest BCUT2D eigenvalue weighted by molar-refractivity contribution is 7.14. The van der Waals surface area contributed by atoms with Gasteiger partial charge in [0.1, 0.15) is 0 Å². The molecule has 7 heteroatoms.